The molecular weight excluding hydrogens is 208 g/mol. The molecule has 0 N–H and O–H groups in total. The molecular formula is C15H24N2. The Labute approximate surface area is 105 Å². The second kappa shape index (κ2) is 5.18. The molecule has 1 aromatic rings. The minimum absolute atomic E-state index is 0.364. The fraction of sp³-hybridized carbons (Fsp3) is 0.667. The van der Waals surface area contributed by atoms with Crippen molar-refractivity contribution in [3.8, 4) is 0 Å². The van der Waals surface area contributed by atoms with Crippen LogP contribution in [0.5, 0.6) is 0 Å². The van der Waals surface area contributed by atoms with Crippen LogP contribution in [0.1, 0.15) is 51.6 Å². The van der Waals surface area contributed by atoms with Gasteiger partial charge in [0.05, 0.1) is 0 Å². The summed E-state index contributed by atoms with van der Waals surface area (Å²) in [6.45, 7) is 9.47. The molecule has 1 aliphatic rings. The first-order chi connectivity index (χ1) is 8.06. The molecule has 1 aliphatic heterocycles. The van der Waals surface area contributed by atoms with Crippen molar-refractivity contribution in [1.29, 1.82) is 0 Å². The van der Waals surface area contributed by atoms with Gasteiger partial charge in [0.15, 0.2) is 0 Å². The minimum atomic E-state index is 0.364. The average molecular weight is 232 g/mol. The van der Waals surface area contributed by atoms with E-state index in [2.05, 4.69) is 42.8 Å². The molecule has 0 aliphatic carbocycles. The van der Waals surface area contributed by atoms with Crippen molar-refractivity contribution in [1.82, 2.24) is 9.88 Å². The lowest BCUT2D eigenvalue weighted by molar-refractivity contribution is 0.179. The minimum Gasteiger partial charge on any atom is -0.296 e. The van der Waals surface area contributed by atoms with Crippen molar-refractivity contribution >= 4 is 0 Å². The van der Waals surface area contributed by atoms with Crippen molar-refractivity contribution in [3.05, 3.63) is 30.1 Å². The third-order valence-corrected chi connectivity index (χ3v) is 3.46. The van der Waals surface area contributed by atoms with Crippen LogP contribution in [0.25, 0.3) is 0 Å². The smallest absolute Gasteiger partial charge is 0.0368 e. The van der Waals surface area contributed by atoms with E-state index in [1.807, 2.05) is 12.4 Å². The number of likely N-dealkylation sites (tertiary alicyclic amines) is 1. The maximum Gasteiger partial charge on any atom is 0.0368 e. The van der Waals surface area contributed by atoms with Gasteiger partial charge in [-0.1, -0.05) is 26.8 Å². The van der Waals surface area contributed by atoms with Crippen LogP contribution in [0, 0.1) is 5.41 Å². The Kier molecular flexibility index (Phi) is 3.82. The molecule has 0 saturated carbocycles. The third-order valence-electron chi connectivity index (χ3n) is 3.46. The second-order valence-corrected chi connectivity index (χ2v) is 6.31. The van der Waals surface area contributed by atoms with Crippen LogP contribution in [0.15, 0.2) is 24.5 Å². The first-order valence-corrected chi connectivity index (χ1v) is 6.70. The first-order valence-electron chi connectivity index (χ1n) is 6.70. The molecule has 2 heterocycles. The van der Waals surface area contributed by atoms with E-state index < -0.39 is 0 Å². The molecule has 1 aromatic heterocycles. The topological polar surface area (TPSA) is 16.1 Å². The van der Waals surface area contributed by atoms with Gasteiger partial charge in [-0.2, -0.15) is 0 Å². The largest absolute Gasteiger partial charge is 0.296 e. The molecule has 0 bridgehead atoms. The number of hydrogen-bond acceptors (Lipinski definition) is 2. The highest BCUT2D eigenvalue weighted by atomic mass is 15.2. The van der Waals surface area contributed by atoms with Crippen LogP contribution in [-0.2, 0) is 0 Å². The molecule has 0 radical (unpaired) electrons. The van der Waals surface area contributed by atoms with E-state index in [9.17, 15) is 0 Å². The molecule has 1 unspecified atom stereocenters. The van der Waals surface area contributed by atoms with Crippen molar-refractivity contribution < 1.29 is 0 Å². The highest BCUT2D eigenvalue weighted by Gasteiger charge is 2.27. The summed E-state index contributed by atoms with van der Waals surface area (Å²) in [5, 5.41) is 0. The van der Waals surface area contributed by atoms with Crippen LogP contribution in [0.2, 0.25) is 0 Å². The number of nitrogens with zero attached hydrogens (tertiary/aromatic N) is 2. The van der Waals surface area contributed by atoms with E-state index in [0.717, 1.165) is 0 Å². The average Bonchev–Trinajstić information content (AvgIpc) is 2.79. The summed E-state index contributed by atoms with van der Waals surface area (Å²) in [5.41, 5.74) is 1.74. The molecule has 1 fully saturated rings. The van der Waals surface area contributed by atoms with Gasteiger partial charge in [0.2, 0.25) is 0 Å². The number of pyridine rings is 1. The summed E-state index contributed by atoms with van der Waals surface area (Å²) in [6, 6.07) is 4.83. The predicted octanol–water partition coefficient (Wildman–Crippen LogP) is 3.65. The SMILES string of the molecule is CC(C)(C)CC(c1cccnc1)N1CCCC1. The van der Waals surface area contributed by atoms with Crippen LogP contribution in [0.4, 0.5) is 0 Å². The zero-order valence-corrected chi connectivity index (χ0v) is 11.3. The van der Waals surface area contributed by atoms with Crippen LogP contribution < -0.4 is 0 Å². The van der Waals surface area contributed by atoms with Gasteiger partial charge in [0.25, 0.3) is 0 Å². The fourth-order valence-corrected chi connectivity index (χ4v) is 2.66. The molecule has 2 heteroatoms. The van der Waals surface area contributed by atoms with Crippen molar-refractivity contribution in [3.63, 3.8) is 0 Å². The molecule has 2 nitrogen and oxygen atoms in total. The van der Waals surface area contributed by atoms with E-state index in [0.29, 0.717) is 11.5 Å². The number of rotatable bonds is 3. The van der Waals surface area contributed by atoms with Gasteiger partial charge in [-0.3, -0.25) is 9.88 Å². The van der Waals surface area contributed by atoms with E-state index >= 15 is 0 Å². The van der Waals surface area contributed by atoms with Gasteiger partial charge >= 0.3 is 0 Å². The molecule has 2 rings (SSSR count). The second-order valence-electron chi connectivity index (χ2n) is 6.31. The van der Waals surface area contributed by atoms with Gasteiger partial charge in [0.1, 0.15) is 0 Å². The van der Waals surface area contributed by atoms with Crippen molar-refractivity contribution in [2.24, 2.45) is 5.41 Å². The zero-order valence-electron chi connectivity index (χ0n) is 11.3. The summed E-state index contributed by atoms with van der Waals surface area (Å²) >= 11 is 0. The van der Waals surface area contributed by atoms with E-state index in [1.54, 1.807) is 0 Å². The molecule has 1 saturated heterocycles. The Morgan fingerprint density at radius 2 is 2.00 bits per heavy atom. The predicted molar refractivity (Wildman–Crippen MR) is 71.9 cm³/mol. The molecule has 0 spiro atoms. The summed E-state index contributed by atoms with van der Waals surface area (Å²) in [7, 11) is 0. The Bertz CT molecular complexity index is 334. The van der Waals surface area contributed by atoms with Gasteiger partial charge in [-0.15, -0.1) is 0 Å². The number of hydrogen-bond donors (Lipinski definition) is 0. The quantitative estimate of drug-likeness (QED) is 0.790. The number of aromatic nitrogens is 1. The van der Waals surface area contributed by atoms with E-state index in [4.69, 9.17) is 0 Å². The molecule has 17 heavy (non-hydrogen) atoms. The standard InChI is InChI=1S/C15H24N2/c1-15(2,3)11-14(17-9-4-5-10-17)13-7-6-8-16-12-13/h6-8,12,14H,4-5,9-11H2,1-3H3. The van der Waals surface area contributed by atoms with E-state index in [-0.39, 0.29) is 0 Å². The summed E-state index contributed by atoms with van der Waals surface area (Å²) < 4.78 is 0. The highest BCUT2D eigenvalue weighted by Crippen LogP contribution is 2.35. The van der Waals surface area contributed by atoms with Crippen LogP contribution in [0.3, 0.4) is 0 Å². The molecule has 0 aromatic carbocycles. The summed E-state index contributed by atoms with van der Waals surface area (Å²) in [6.07, 6.45) is 7.80. The third kappa shape index (κ3) is 3.53. The van der Waals surface area contributed by atoms with Crippen LogP contribution >= 0.6 is 0 Å². The lowest BCUT2D eigenvalue weighted by Crippen LogP contribution is -2.29. The van der Waals surface area contributed by atoms with Gasteiger partial charge < -0.3 is 0 Å². The first kappa shape index (κ1) is 12.6. The normalized spacial score (nSPS) is 19.5. The summed E-state index contributed by atoms with van der Waals surface area (Å²) in [5.74, 6) is 0. The maximum absolute atomic E-state index is 4.28. The lowest BCUT2D eigenvalue weighted by Gasteiger charge is -2.33. The van der Waals surface area contributed by atoms with Gasteiger partial charge in [-0.25, -0.2) is 0 Å². The molecule has 94 valence electrons. The maximum atomic E-state index is 4.28. The Balaban J connectivity index is 2.17. The van der Waals surface area contributed by atoms with Crippen LogP contribution in [-0.4, -0.2) is 23.0 Å². The molecule has 1 atom stereocenters. The molecule has 0 amide bonds. The van der Waals surface area contributed by atoms with Gasteiger partial charge in [-0.05, 0) is 49.4 Å². The van der Waals surface area contributed by atoms with Crippen molar-refractivity contribution in [2.45, 2.75) is 46.1 Å². The Morgan fingerprint density at radius 1 is 1.29 bits per heavy atom. The van der Waals surface area contributed by atoms with Gasteiger partial charge in [0, 0.05) is 18.4 Å². The zero-order chi connectivity index (χ0) is 12.3. The lowest BCUT2D eigenvalue weighted by atomic mass is 9.85. The summed E-state index contributed by atoms with van der Waals surface area (Å²) in [4.78, 5) is 6.91. The Hall–Kier alpha value is -0.890. The highest BCUT2D eigenvalue weighted by molar-refractivity contribution is 5.15. The van der Waals surface area contributed by atoms with E-state index in [1.165, 1.54) is 37.9 Å². The van der Waals surface area contributed by atoms with Crippen molar-refractivity contribution in [2.75, 3.05) is 13.1 Å². The monoisotopic (exact) mass is 232 g/mol. The fourth-order valence-electron chi connectivity index (χ4n) is 2.66. The Morgan fingerprint density at radius 3 is 2.53 bits per heavy atom.